The standard InChI is InChI=1S/C16H32N2O2/c1-4-16(15(19)20,17-5-2)11-8-12-18(6-3)13-14-9-7-10-14/h14,17H,4-13H2,1-3H3,(H,19,20). The molecule has 1 aliphatic carbocycles. The van der Waals surface area contributed by atoms with Gasteiger partial charge in [0, 0.05) is 6.54 Å². The van der Waals surface area contributed by atoms with E-state index < -0.39 is 11.5 Å². The van der Waals surface area contributed by atoms with Crippen molar-refractivity contribution in [3.63, 3.8) is 0 Å². The van der Waals surface area contributed by atoms with E-state index in [2.05, 4.69) is 17.1 Å². The van der Waals surface area contributed by atoms with Crippen molar-refractivity contribution in [2.45, 2.75) is 64.8 Å². The zero-order chi connectivity index (χ0) is 15.0. The van der Waals surface area contributed by atoms with Crippen LogP contribution >= 0.6 is 0 Å². The zero-order valence-electron chi connectivity index (χ0n) is 13.5. The summed E-state index contributed by atoms with van der Waals surface area (Å²) in [7, 11) is 0. The van der Waals surface area contributed by atoms with Crippen LogP contribution in [0.15, 0.2) is 0 Å². The monoisotopic (exact) mass is 284 g/mol. The van der Waals surface area contributed by atoms with Gasteiger partial charge in [0.25, 0.3) is 0 Å². The molecule has 0 aromatic heterocycles. The first-order valence-corrected chi connectivity index (χ1v) is 8.28. The van der Waals surface area contributed by atoms with E-state index in [0.29, 0.717) is 19.4 Å². The second-order valence-corrected chi connectivity index (χ2v) is 6.06. The lowest BCUT2D eigenvalue weighted by Crippen LogP contribution is -2.52. The molecule has 1 unspecified atom stereocenters. The van der Waals surface area contributed by atoms with Gasteiger partial charge in [0.15, 0.2) is 0 Å². The van der Waals surface area contributed by atoms with Crippen molar-refractivity contribution in [3.8, 4) is 0 Å². The van der Waals surface area contributed by atoms with Crippen LogP contribution in [0.4, 0.5) is 0 Å². The lowest BCUT2D eigenvalue weighted by Gasteiger charge is -2.33. The van der Waals surface area contributed by atoms with Crippen molar-refractivity contribution in [1.29, 1.82) is 0 Å². The summed E-state index contributed by atoms with van der Waals surface area (Å²) in [6.07, 6.45) is 6.46. The quantitative estimate of drug-likeness (QED) is 0.612. The lowest BCUT2D eigenvalue weighted by molar-refractivity contribution is -0.145. The SMILES string of the molecule is CCNC(CC)(CCCN(CC)CC1CCC1)C(=O)O. The molecule has 1 atom stereocenters. The zero-order valence-corrected chi connectivity index (χ0v) is 13.5. The van der Waals surface area contributed by atoms with Crippen LogP contribution in [-0.2, 0) is 4.79 Å². The van der Waals surface area contributed by atoms with Crippen LogP contribution in [-0.4, -0.2) is 47.7 Å². The molecule has 0 radical (unpaired) electrons. The Kier molecular flexibility index (Phi) is 7.52. The molecule has 1 aliphatic rings. The second-order valence-electron chi connectivity index (χ2n) is 6.06. The summed E-state index contributed by atoms with van der Waals surface area (Å²) in [5.41, 5.74) is -0.732. The molecule has 0 saturated heterocycles. The maximum Gasteiger partial charge on any atom is 0.323 e. The summed E-state index contributed by atoms with van der Waals surface area (Å²) < 4.78 is 0. The maximum absolute atomic E-state index is 11.5. The average molecular weight is 284 g/mol. The second kappa shape index (κ2) is 8.63. The van der Waals surface area contributed by atoms with Crippen molar-refractivity contribution in [3.05, 3.63) is 0 Å². The smallest absolute Gasteiger partial charge is 0.323 e. The van der Waals surface area contributed by atoms with E-state index in [1.54, 1.807) is 0 Å². The van der Waals surface area contributed by atoms with Crippen molar-refractivity contribution in [2.75, 3.05) is 26.2 Å². The molecule has 0 amide bonds. The number of nitrogens with one attached hydrogen (secondary N) is 1. The van der Waals surface area contributed by atoms with Gasteiger partial charge in [0.1, 0.15) is 5.54 Å². The van der Waals surface area contributed by atoms with Crippen LogP contribution in [0, 0.1) is 5.92 Å². The molecule has 0 aliphatic heterocycles. The van der Waals surface area contributed by atoms with Gasteiger partial charge in [-0.25, -0.2) is 0 Å². The van der Waals surface area contributed by atoms with E-state index in [0.717, 1.165) is 25.4 Å². The third-order valence-corrected chi connectivity index (χ3v) is 4.79. The van der Waals surface area contributed by atoms with Crippen LogP contribution in [0.2, 0.25) is 0 Å². The number of rotatable bonds is 11. The Bertz CT molecular complexity index is 292. The van der Waals surface area contributed by atoms with Gasteiger partial charge in [0.05, 0.1) is 0 Å². The average Bonchev–Trinajstić information content (AvgIpc) is 2.39. The van der Waals surface area contributed by atoms with Crippen molar-refractivity contribution in [2.24, 2.45) is 5.92 Å². The van der Waals surface area contributed by atoms with Gasteiger partial charge < -0.3 is 15.3 Å². The summed E-state index contributed by atoms with van der Waals surface area (Å²) in [5, 5.41) is 12.7. The summed E-state index contributed by atoms with van der Waals surface area (Å²) in [5.74, 6) is 0.183. The molecule has 0 aromatic rings. The Morgan fingerprint density at radius 3 is 2.45 bits per heavy atom. The van der Waals surface area contributed by atoms with E-state index >= 15 is 0 Å². The number of likely N-dealkylation sites (N-methyl/N-ethyl adjacent to an activating group) is 1. The van der Waals surface area contributed by atoms with E-state index in [-0.39, 0.29) is 0 Å². The van der Waals surface area contributed by atoms with Crippen LogP contribution in [0.5, 0.6) is 0 Å². The molecule has 4 nitrogen and oxygen atoms in total. The van der Waals surface area contributed by atoms with E-state index in [1.165, 1.54) is 25.8 Å². The molecule has 0 heterocycles. The van der Waals surface area contributed by atoms with Crippen molar-refractivity contribution in [1.82, 2.24) is 10.2 Å². The predicted octanol–water partition coefficient (Wildman–Crippen LogP) is 2.73. The fourth-order valence-electron chi connectivity index (χ4n) is 3.09. The van der Waals surface area contributed by atoms with Gasteiger partial charge in [-0.1, -0.05) is 27.2 Å². The molecule has 118 valence electrons. The topological polar surface area (TPSA) is 52.6 Å². The normalized spacial score (nSPS) is 18.8. The fraction of sp³-hybridized carbons (Fsp3) is 0.938. The van der Waals surface area contributed by atoms with Crippen molar-refractivity contribution < 1.29 is 9.90 Å². The number of hydrogen-bond acceptors (Lipinski definition) is 3. The lowest BCUT2D eigenvalue weighted by atomic mass is 9.85. The maximum atomic E-state index is 11.5. The fourth-order valence-corrected chi connectivity index (χ4v) is 3.09. The van der Waals surface area contributed by atoms with Gasteiger partial charge >= 0.3 is 5.97 Å². The number of hydrogen-bond donors (Lipinski definition) is 2. The first-order chi connectivity index (χ1) is 9.57. The summed E-state index contributed by atoms with van der Waals surface area (Å²) in [6.45, 7) is 10.1. The first-order valence-electron chi connectivity index (χ1n) is 8.28. The Labute approximate surface area is 123 Å². The highest BCUT2D eigenvalue weighted by Crippen LogP contribution is 2.27. The minimum absolute atomic E-state index is 0.644. The largest absolute Gasteiger partial charge is 0.480 e. The van der Waals surface area contributed by atoms with E-state index in [4.69, 9.17) is 0 Å². The molecule has 2 N–H and O–H groups in total. The molecular weight excluding hydrogens is 252 g/mol. The van der Waals surface area contributed by atoms with Gasteiger partial charge in [-0.15, -0.1) is 0 Å². The number of carboxylic acids is 1. The number of carboxylic acid groups (broad SMARTS) is 1. The third-order valence-electron chi connectivity index (χ3n) is 4.79. The summed E-state index contributed by atoms with van der Waals surface area (Å²) >= 11 is 0. The first kappa shape index (κ1) is 17.4. The van der Waals surface area contributed by atoms with Crippen LogP contribution in [0.3, 0.4) is 0 Å². The molecule has 0 spiro atoms. The molecule has 1 saturated carbocycles. The molecule has 20 heavy (non-hydrogen) atoms. The molecule has 1 fully saturated rings. The Morgan fingerprint density at radius 2 is 2.05 bits per heavy atom. The highest BCUT2D eigenvalue weighted by Gasteiger charge is 2.35. The van der Waals surface area contributed by atoms with Gasteiger partial charge in [-0.05, 0) is 57.7 Å². The van der Waals surface area contributed by atoms with Crippen molar-refractivity contribution >= 4 is 5.97 Å². The molecule has 4 heteroatoms. The molecule has 0 aromatic carbocycles. The van der Waals surface area contributed by atoms with E-state index in [1.807, 2.05) is 13.8 Å². The minimum Gasteiger partial charge on any atom is -0.480 e. The Morgan fingerprint density at radius 1 is 1.35 bits per heavy atom. The number of nitrogens with zero attached hydrogens (tertiary/aromatic N) is 1. The summed E-state index contributed by atoms with van der Waals surface area (Å²) in [6, 6.07) is 0. The van der Waals surface area contributed by atoms with Gasteiger partial charge in [-0.3, -0.25) is 4.79 Å². The highest BCUT2D eigenvalue weighted by atomic mass is 16.4. The number of carbonyl (C=O) groups is 1. The highest BCUT2D eigenvalue weighted by molar-refractivity contribution is 5.78. The molecule has 0 bridgehead atoms. The van der Waals surface area contributed by atoms with Gasteiger partial charge in [-0.2, -0.15) is 0 Å². The molecule has 1 rings (SSSR count). The minimum atomic E-state index is -0.732. The predicted molar refractivity (Wildman–Crippen MR) is 83.0 cm³/mol. The van der Waals surface area contributed by atoms with Crippen LogP contribution < -0.4 is 5.32 Å². The van der Waals surface area contributed by atoms with E-state index in [9.17, 15) is 9.90 Å². The third kappa shape index (κ3) is 4.74. The number of aliphatic carboxylic acids is 1. The van der Waals surface area contributed by atoms with Crippen LogP contribution in [0.1, 0.15) is 59.3 Å². The van der Waals surface area contributed by atoms with Crippen LogP contribution in [0.25, 0.3) is 0 Å². The van der Waals surface area contributed by atoms with Gasteiger partial charge in [0.2, 0.25) is 0 Å². The Balaban J connectivity index is 2.39. The molecular formula is C16H32N2O2. The summed E-state index contributed by atoms with van der Waals surface area (Å²) in [4.78, 5) is 14.0. The Hall–Kier alpha value is -0.610.